The average molecular weight is 392 g/mol. The molecule has 1 amide bonds. The zero-order chi connectivity index (χ0) is 20.4. The number of hydrogen-bond acceptors (Lipinski definition) is 5. The Kier molecular flexibility index (Phi) is 5.12. The molecular weight excluding hydrogens is 371 g/mol. The van der Waals surface area contributed by atoms with Crippen LogP contribution in [0, 0.1) is 19.7 Å². The number of nitrogens with zero attached hydrogens (tertiary/aromatic N) is 2. The van der Waals surface area contributed by atoms with E-state index in [-0.39, 0.29) is 17.5 Å². The van der Waals surface area contributed by atoms with Gasteiger partial charge in [0.15, 0.2) is 5.76 Å². The highest BCUT2D eigenvalue weighted by Gasteiger charge is 2.28. The Morgan fingerprint density at radius 1 is 1.14 bits per heavy atom. The van der Waals surface area contributed by atoms with Gasteiger partial charge in [-0.1, -0.05) is 6.07 Å². The number of carbonyl (C=O) groups is 1. The van der Waals surface area contributed by atoms with Gasteiger partial charge < -0.3 is 9.73 Å². The molecule has 6 nitrogen and oxygen atoms in total. The number of anilines is 2. The summed E-state index contributed by atoms with van der Waals surface area (Å²) in [5.41, 5.74) is 7.11. The largest absolute Gasteiger partial charge is 0.455 e. The van der Waals surface area contributed by atoms with E-state index in [1.807, 2.05) is 19.9 Å². The Balaban J connectivity index is 1.58. The number of pyridine rings is 1. The lowest BCUT2D eigenvalue weighted by atomic mass is 9.93. The van der Waals surface area contributed by atoms with Gasteiger partial charge in [-0.25, -0.2) is 9.37 Å². The molecule has 0 bridgehead atoms. The number of rotatable bonds is 4. The van der Waals surface area contributed by atoms with Crippen molar-refractivity contribution in [1.82, 2.24) is 4.98 Å². The highest BCUT2D eigenvalue weighted by atomic mass is 19.1. The third-order valence-corrected chi connectivity index (χ3v) is 4.85. The minimum absolute atomic E-state index is 0.272. The zero-order valence-electron chi connectivity index (χ0n) is 16.3. The Bertz CT molecular complexity index is 1070. The molecule has 0 atom stereocenters. The number of furan rings is 1. The fraction of sp³-hybridized carbons (Fsp3) is 0.227. The molecule has 2 N–H and O–H groups in total. The van der Waals surface area contributed by atoms with Crippen molar-refractivity contribution in [2.45, 2.75) is 33.1 Å². The summed E-state index contributed by atoms with van der Waals surface area (Å²) in [6.45, 7) is 3.79. The smallest absolute Gasteiger partial charge is 0.292 e. The molecule has 0 unspecified atom stereocenters. The third kappa shape index (κ3) is 4.03. The zero-order valence-corrected chi connectivity index (χ0v) is 16.3. The van der Waals surface area contributed by atoms with Gasteiger partial charge in [0.25, 0.3) is 5.91 Å². The van der Waals surface area contributed by atoms with Crippen LogP contribution in [-0.2, 0) is 6.42 Å². The van der Waals surface area contributed by atoms with Crippen LogP contribution < -0.4 is 10.7 Å². The van der Waals surface area contributed by atoms with E-state index in [0.717, 1.165) is 47.4 Å². The number of aromatic nitrogens is 1. The van der Waals surface area contributed by atoms with Crippen molar-refractivity contribution in [2.24, 2.45) is 5.10 Å². The molecule has 0 aliphatic heterocycles. The van der Waals surface area contributed by atoms with Gasteiger partial charge in [0, 0.05) is 23.7 Å². The first kappa shape index (κ1) is 18.9. The molecule has 1 aliphatic rings. The van der Waals surface area contributed by atoms with Crippen molar-refractivity contribution in [3.8, 4) is 0 Å². The Morgan fingerprint density at radius 2 is 1.93 bits per heavy atom. The second kappa shape index (κ2) is 7.87. The summed E-state index contributed by atoms with van der Waals surface area (Å²) in [6, 6.07) is 9.63. The van der Waals surface area contributed by atoms with Gasteiger partial charge in [-0.3, -0.25) is 10.2 Å². The highest BCUT2D eigenvalue weighted by molar-refractivity contribution is 6.09. The van der Waals surface area contributed by atoms with Crippen LogP contribution >= 0.6 is 0 Å². The van der Waals surface area contributed by atoms with Gasteiger partial charge in [-0.05, 0) is 62.6 Å². The van der Waals surface area contributed by atoms with E-state index in [9.17, 15) is 9.18 Å². The lowest BCUT2D eigenvalue weighted by Gasteiger charge is -2.13. The average Bonchev–Trinajstić information content (AvgIpc) is 3.07. The van der Waals surface area contributed by atoms with Gasteiger partial charge in [0.1, 0.15) is 17.4 Å². The van der Waals surface area contributed by atoms with Gasteiger partial charge >= 0.3 is 0 Å². The fourth-order valence-electron chi connectivity index (χ4n) is 3.37. The van der Waals surface area contributed by atoms with Crippen molar-refractivity contribution < 1.29 is 13.6 Å². The number of halogens is 1. The molecule has 1 aliphatic carbocycles. The van der Waals surface area contributed by atoms with Crippen LogP contribution in [0.25, 0.3) is 0 Å². The van der Waals surface area contributed by atoms with E-state index >= 15 is 0 Å². The third-order valence-electron chi connectivity index (χ3n) is 4.85. The minimum atomic E-state index is -0.334. The topological polar surface area (TPSA) is 79.5 Å². The Morgan fingerprint density at radius 3 is 2.66 bits per heavy atom. The first-order valence-electron chi connectivity index (χ1n) is 9.46. The number of fused-ring (bicyclic) bond motifs is 1. The molecule has 0 radical (unpaired) electrons. The number of hydrazone groups is 1. The summed E-state index contributed by atoms with van der Waals surface area (Å²) in [4.78, 5) is 16.9. The number of hydrogen-bond donors (Lipinski definition) is 2. The summed E-state index contributed by atoms with van der Waals surface area (Å²) in [7, 11) is 0. The van der Waals surface area contributed by atoms with Gasteiger partial charge in [-0.2, -0.15) is 5.10 Å². The van der Waals surface area contributed by atoms with E-state index in [2.05, 4.69) is 20.8 Å². The fourth-order valence-corrected chi connectivity index (χ4v) is 3.37. The number of amides is 1. The summed E-state index contributed by atoms with van der Waals surface area (Å²) in [5, 5.41) is 7.27. The van der Waals surface area contributed by atoms with Crippen LogP contribution in [-0.4, -0.2) is 16.6 Å². The normalized spacial score (nSPS) is 14.5. The van der Waals surface area contributed by atoms with Crippen molar-refractivity contribution in [1.29, 1.82) is 0 Å². The molecule has 0 saturated carbocycles. The lowest BCUT2D eigenvalue weighted by molar-refractivity contribution is 0.0993. The molecular formula is C22H21FN4O2. The molecule has 0 saturated heterocycles. The Hall–Kier alpha value is -3.48. The maximum Gasteiger partial charge on any atom is 0.292 e. The van der Waals surface area contributed by atoms with Gasteiger partial charge in [-0.15, -0.1) is 0 Å². The predicted octanol–water partition coefficient (Wildman–Crippen LogP) is 4.84. The van der Waals surface area contributed by atoms with Gasteiger partial charge in [0.2, 0.25) is 0 Å². The second-order valence-corrected chi connectivity index (χ2v) is 7.06. The molecule has 0 fully saturated rings. The van der Waals surface area contributed by atoms with Crippen LogP contribution in [0.3, 0.4) is 0 Å². The number of aryl methyl sites for hydroxylation is 2. The standard InChI is InChI=1S/C22H21FN4O2/c1-13-6-11-19(24-12-13)25-22(28)21-14(2)20-17(4-3-5-18(20)29-21)27-26-16-9-7-15(23)8-10-16/h6-12,26H,3-5H2,1-2H3,(H,24,25,28)/b27-17+. The first-order chi connectivity index (χ1) is 14.0. The summed E-state index contributed by atoms with van der Waals surface area (Å²) in [6.07, 6.45) is 4.09. The molecule has 3 aromatic rings. The van der Waals surface area contributed by atoms with Crippen molar-refractivity contribution in [3.05, 3.63) is 76.6 Å². The summed E-state index contributed by atoms with van der Waals surface area (Å²) in [5.74, 6) is 0.872. The van der Waals surface area contributed by atoms with E-state index < -0.39 is 0 Å². The quantitative estimate of drug-likeness (QED) is 0.623. The minimum Gasteiger partial charge on any atom is -0.455 e. The number of nitrogens with one attached hydrogen (secondary N) is 2. The monoisotopic (exact) mass is 392 g/mol. The molecule has 0 spiro atoms. The summed E-state index contributed by atoms with van der Waals surface area (Å²) >= 11 is 0. The van der Waals surface area contributed by atoms with Gasteiger partial charge in [0.05, 0.1) is 11.4 Å². The van der Waals surface area contributed by atoms with Crippen molar-refractivity contribution >= 4 is 23.1 Å². The van der Waals surface area contributed by atoms with E-state index in [1.165, 1.54) is 12.1 Å². The molecule has 148 valence electrons. The van der Waals surface area contributed by atoms with E-state index in [1.54, 1.807) is 24.4 Å². The van der Waals surface area contributed by atoms with E-state index in [4.69, 9.17) is 4.42 Å². The molecule has 1 aromatic carbocycles. The highest BCUT2D eigenvalue weighted by Crippen LogP contribution is 2.30. The second-order valence-electron chi connectivity index (χ2n) is 7.06. The molecule has 2 heterocycles. The van der Waals surface area contributed by atoms with Crippen molar-refractivity contribution in [3.63, 3.8) is 0 Å². The van der Waals surface area contributed by atoms with Crippen LogP contribution in [0.2, 0.25) is 0 Å². The van der Waals surface area contributed by atoms with Crippen LogP contribution in [0.4, 0.5) is 15.9 Å². The number of carbonyl (C=O) groups excluding carboxylic acids is 1. The molecule has 2 aromatic heterocycles. The SMILES string of the molecule is Cc1ccc(NC(=O)c2oc3c(c2C)/C(=N/Nc2ccc(F)cc2)CCC3)nc1. The van der Waals surface area contributed by atoms with Crippen LogP contribution in [0.5, 0.6) is 0 Å². The van der Waals surface area contributed by atoms with Crippen LogP contribution in [0.15, 0.2) is 52.1 Å². The lowest BCUT2D eigenvalue weighted by Crippen LogP contribution is -2.15. The maximum atomic E-state index is 13.1. The predicted molar refractivity (Wildman–Crippen MR) is 110 cm³/mol. The first-order valence-corrected chi connectivity index (χ1v) is 9.46. The maximum absolute atomic E-state index is 13.1. The number of benzene rings is 1. The molecule has 29 heavy (non-hydrogen) atoms. The molecule has 7 heteroatoms. The van der Waals surface area contributed by atoms with E-state index in [0.29, 0.717) is 11.5 Å². The molecule has 4 rings (SSSR count). The van der Waals surface area contributed by atoms with Crippen molar-refractivity contribution in [2.75, 3.05) is 10.7 Å². The Labute approximate surface area is 167 Å². The summed E-state index contributed by atoms with van der Waals surface area (Å²) < 4.78 is 19.0. The van der Waals surface area contributed by atoms with Crippen LogP contribution in [0.1, 0.15) is 45.8 Å².